The first kappa shape index (κ1) is 10.4. The first-order valence-corrected chi connectivity index (χ1v) is 5.37. The third kappa shape index (κ3) is 2.46. The van der Waals surface area contributed by atoms with Crippen molar-refractivity contribution in [2.24, 2.45) is 5.92 Å². The standard InChI is InChI=1S/C12H15F2N/c1-8-2-3-9(6-8)15-10-4-5-11(13)12(14)7-10/h4-5,7-9,15H,2-3,6H2,1H3/t8-,9-/m0/s1. The highest BCUT2D eigenvalue weighted by molar-refractivity contribution is 5.44. The van der Waals surface area contributed by atoms with Gasteiger partial charge in [0, 0.05) is 17.8 Å². The van der Waals surface area contributed by atoms with Crippen LogP contribution in [0.3, 0.4) is 0 Å². The zero-order valence-electron chi connectivity index (χ0n) is 8.76. The Morgan fingerprint density at radius 1 is 1.20 bits per heavy atom. The molecule has 1 fully saturated rings. The van der Waals surface area contributed by atoms with Crippen molar-refractivity contribution in [2.45, 2.75) is 32.2 Å². The van der Waals surface area contributed by atoms with Gasteiger partial charge >= 0.3 is 0 Å². The molecule has 0 aromatic heterocycles. The third-order valence-corrected chi connectivity index (χ3v) is 2.99. The fourth-order valence-electron chi connectivity index (χ4n) is 2.16. The molecule has 0 heterocycles. The van der Waals surface area contributed by atoms with E-state index in [-0.39, 0.29) is 0 Å². The summed E-state index contributed by atoms with van der Waals surface area (Å²) >= 11 is 0. The molecular formula is C12H15F2N. The predicted octanol–water partition coefficient (Wildman–Crippen LogP) is 3.57. The number of benzene rings is 1. The molecule has 1 aliphatic rings. The molecule has 1 saturated carbocycles. The molecule has 3 heteroatoms. The lowest BCUT2D eigenvalue weighted by Gasteiger charge is -2.13. The van der Waals surface area contributed by atoms with E-state index in [1.165, 1.54) is 12.5 Å². The summed E-state index contributed by atoms with van der Waals surface area (Å²) in [5.41, 5.74) is 0.674. The Labute approximate surface area is 88.5 Å². The van der Waals surface area contributed by atoms with Crippen molar-refractivity contribution in [1.82, 2.24) is 0 Å². The number of hydrogen-bond acceptors (Lipinski definition) is 1. The average molecular weight is 211 g/mol. The van der Waals surface area contributed by atoms with E-state index in [0.29, 0.717) is 11.7 Å². The van der Waals surface area contributed by atoms with E-state index in [1.54, 1.807) is 6.07 Å². The quantitative estimate of drug-likeness (QED) is 0.788. The van der Waals surface area contributed by atoms with Gasteiger partial charge < -0.3 is 5.32 Å². The smallest absolute Gasteiger partial charge is 0.160 e. The zero-order valence-corrected chi connectivity index (χ0v) is 8.76. The second-order valence-electron chi connectivity index (χ2n) is 4.39. The van der Waals surface area contributed by atoms with Gasteiger partial charge in [-0.2, -0.15) is 0 Å². The fraction of sp³-hybridized carbons (Fsp3) is 0.500. The molecule has 15 heavy (non-hydrogen) atoms. The van der Waals surface area contributed by atoms with Crippen LogP contribution in [0.1, 0.15) is 26.2 Å². The van der Waals surface area contributed by atoms with Crippen molar-refractivity contribution in [3.63, 3.8) is 0 Å². The van der Waals surface area contributed by atoms with Crippen molar-refractivity contribution in [3.05, 3.63) is 29.8 Å². The summed E-state index contributed by atoms with van der Waals surface area (Å²) in [6.45, 7) is 2.22. The van der Waals surface area contributed by atoms with Crippen LogP contribution in [0.4, 0.5) is 14.5 Å². The highest BCUT2D eigenvalue weighted by Gasteiger charge is 2.21. The van der Waals surface area contributed by atoms with Gasteiger partial charge in [0.2, 0.25) is 0 Å². The number of nitrogens with one attached hydrogen (secondary N) is 1. The second-order valence-corrected chi connectivity index (χ2v) is 4.39. The fourth-order valence-corrected chi connectivity index (χ4v) is 2.16. The molecule has 0 spiro atoms. The second kappa shape index (κ2) is 4.17. The highest BCUT2D eigenvalue weighted by atomic mass is 19.2. The van der Waals surface area contributed by atoms with Crippen molar-refractivity contribution in [1.29, 1.82) is 0 Å². The molecule has 2 atom stereocenters. The molecule has 1 aliphatic carbocycles. The molecule has 0 saturated heterocycles. The molecule has 0 radical (unpaired) electrons. The van der Waals surface area contributed by atoms with E-state index in [4.69, 9.17) is 0 Å². The first-order chi connectivity index (χ1) is 7.15. The van der Waals surface area contributed by atoms with Crippen LogP contribution in [0.25, 0.3) is 0 Å². The Hall–Kier alpha value is -1.12. The molecule has 1 aromatic rings. The normalized spacial score (nSPS) is 25.5. The van der Waals surface area contributed by atoms with E-state index in [9.17, 15) is 8.78 Å². The largest absolute Gasteiger partial charge is 0.382 e. The van der Waals surface area contributed by atoms with Gasteiger partial charge in [-0.25, -0.2) is 8.78 Å². The molecule has 1 aromatic carbocycles. The first-order valence-electron chi connectivity index (χ1n) is 5.37. The molecule has 0 bridgehead atoms. The van der Waals surface area contributed by atoms with Gasteiger partial charge in [-0.05, 0) is 37.3 Å². The van der Waals surface area contributed by atoms with Crippen LogP contribution in [0, 0.1) is 17.6 Å². The highest BCUT2D eigenvalue weighted by Crippen LogP contribution is 2.27. The zero-order chi connectivity index (χ0) is 10.8. The van der Waals surface area contributed by atoms with E-state index in [0.717, 1.165) is 24.8 Å². The molecule has 0 aliphatic heterocycles. The maximum absolute atomic E-state index is 12.9. The molecule has 0 amide bonds. The minimum Gasteiger partial charge on any atom is -0.382 e. The third-order valence-electron chi connectivity index (χ3n) is 2.99. The molecule has 82 valence electrons. The number of hydrogen-bond donors (Lipinski definition) is 1. The summed E-state index contributed by atoms with van der Waals surface area (Å²) in [6, 6.07) is 4.38. The Morgan fingerprint density at radius 3 is 2.60 bits per heavy atom. The topological polar surface area (TPSA) is 12.0 Å². The minimum absolute atomic E-state index is 0.407. The summed E-state index contributed by atoms with van der Waals surface area (Å²) in [4.78, 5) is 0. The number of anilines is 1. The lowest BCUT2D eigenvalue weighted by Crippen LogP contribution is -2.15. The van der Waals surface area contributed by atoms with E-state index < -0.39 is 11.6 Å². The van der Waals surface area contributed by atoms with Crippen molar-refractivity contribution < 1.29 is 8.78 Å². The summed E-state index contributed by atoms with van der Waals surface area (Å²) in [7, 11) is 0. The minimum atomic E-state index is -0.791. The summed E-state index contributed by atoms with van der Waals surface area (Å²) in [5, 5.41) is 3.23. The SMILES string of the molecule is C[C@H]1CC[C@H](Nc2ccc(F)c(F)c2)C1. The van der Waals surface area contributed by atoms with Crippen LogP contribution < -0.4 is 5.32 Å². The lowest BCUT2D eigenvalue weighted by molar-refractivity contribution is 0.508. The van der Waals surface area contributed by atoms with Crippen LogP contribution in [-0.4, -0.2) is 6.04 Å². The maximum Gasteiger partial charge on any atom is 0.160 e. The average Bonchev–Trinajstić information content (AvgIpc) is 2.58. The van der Waals surface area contributed by atoms with Gasteiger partial charge in [0.25, 0.3) is 0 Å². The van der Waals surface area contributed by atoms with Crippen LogP contribution in [0.15, 0.2) is 18.2 Å². The monoisotopic (exact) mass is 211 g/mol. The molecular weight excluding hydrogens is 196 g/mol. The van der Waals surface area contributed by atoms with Crippen molar-refractivity contribution >= 4 is 5.69 Å². The Balaban J connectivity index is 2.02. The Kier molecular flexibility index (Phi) is 2.89. The van der Waals surface area contributed by atoms with Gasteiger partial charge in [-0.15, -0.1) is 0 Å². The van der Waals surface area contributed by atoms with E-state index in [2.05, 4.69) is 12.2 Å². The molecule has 2 rings (SSSR count). The van der Waals surface area contributed by atoms with Crippen molar-refractivity contribution in [3.8, 4) is 0 Å². The van der Waals surface area contributed by atoms with E-state index in [1.807, 2.05) is 0 Å². The van der Waals surface area contributed by atoms with Gasteiger partial charge in [0.15, 0.2) is 11.6 Å². The number of halogens is 2. The summed E-state index contributed by atoms with van der Waals surface area (Å²) in [5.74, 6) is -0.848. The van der Waals surface area contributed by atoms with Gasteiger partial charge in [-0.1, -0.05) is 6.92 Å². The van der Waals surface area contributed by atoms with Crippen LogP contribution in [0.2, 0.25) is 0 Å². The maximum atomic E-state index is 12.9. The van der Waals surface area contributed by atoms with E-state index >= 15 is 0 Å². The van der Waals surface area contributed by atoms with Gasteiger partial charge in [0.1, 0.15) is 0 Å². The van der Waals surface area contributed by atoms with Crippen molar-refractivity contribution in [2.75, 3.05) is 5.32 Å². The molecule has 1 N–H and O–H groups in total. The predicted molar refractivity (Wildman–Crippen MR) is 56.8 cm³/mol. The van der Waals surface area contributed by atoms with Crippen LogP contribution in [0.5, 0.6) is 0 Å². The Morgan fingerprint density at radius 2 is 2.00 bits per heavy atom. The van der Waals surface area contributed by atoms with Gasteiger partial charge in [0.05, 0.1) is 0 Å². The van der Waals surface area contributed by atoms with Gasteiger partial charge in [-0.3, -0.25) is 0 Å². The van der Waals surface area contributed by atoms with Crippen LogP contribution in [-0.2, 0) is 0 Å². The number of rotatable bonds is 2. The molecule has 1 nitrogen and oxygen atoms in total. The summed E-state index contributed by atoms with van der Waals surface area (Å²) < 4.78 is 25.6. The lowest BCUT2D eigenvalue weighted by atomic mass is 10.1. The summed E-state index contributed by atoms with van der Waals surface area (Å²) in [6.07, 6.45) is 3.43. The Bertz CT molecular complexity index is 351. The van der Waals surface area contributed by atoms with Crippen LogP contribution >= 0.6 is 0 Å². The molecule has 0 unspecified atom stereocenters.